The Morgan fingerprint density at radius 3 is 2.70 bits per heavy atom. The van der Waals surface area contributed by atoms with Crippen molar-refractivity contribution in [1.82, 2.24) is 9.97 Å². The summed E-state index contributed by atoms with van der Waals surface area (Å²) in [6, 6.07) is 0.602. The molecule has 0 aliphatic heterocycles. The van der Waals surface area contributed by atoms with Crippen LogP contribution < -0.4 is 10.9 Å². The molecule has 2 aromatic rings. The number of carbonyl (C=O) groups is 1. The molecule has 148 valence electrons. The summed E-state index contributed by atoms with van der Waals surface area (Å²) in [6.45, 7) is 2.95. The summed E-state index contributed by atoms with van der Waals surface area (Å²) in [5.74, 6) is 0.232. The highest BCUT2D eigenvalue weighted by Crippen LogP contribution is 2.27. The van der Waals surface area contributed by atoms with Gasteiger partial charge in [-0.15, -0.1) is 11.3 Å². The van der Waals surface area contributed by atoms with Gasteiger partial charge in [0.25, 0.3) is 5.56 Å². The number of aromatic nitrogens is 2. The van der Waals surface area contributed by atoms with Gasteiger partial charge >= 0.3 is 5.97 Å². The van der Waals surface area contributed by atoms with Crippen LogP contribution in [0.3, 0.4) is 0 Å². The molecule has 0 aromatic carbocycles. The minimum Gasteiger partial charge on any atom is -0.459 e. The highest BCUT2D eigenvalue weighted by molar-refractivity contribution is 7.20. The maximum Gasteiger partial charge on any atom is 0.348 e. The van der Waals surface area contributed by atoms with E-state index in [1.54, 1.807) is 14.0 Å². The zero-order valence-electron chi connectivity index (χ0n) is 16.0. The number of H-pyrrole nitrogens is 1. The fourth-order valence-corrected chi connectivity index (χ4v) is 4.68. The Morgan fingerprint density at radius 1 is 1.26 bits per heavy atom. The fraction of sp³-hybridized carbons (Fsp3) is 0.632. The molecule has 3 rings (SSSR count). The molecule has 7 nitrogen and oxygen atoms in total. The number of carbonyl (C=O) groups excluding carboxylic acids is 1. The summed E-state index contributed by atoms with van der Waals surface area (Å²) in [5.41, 5.74) is 0.444. The van der Waals surface area contributed by atoms with Crippen LogP contribution in [0.2, 0.25) is 0 Å². The van der Waals surface area contributed by atoms with Crippen LogP contribution in [0.5, 0.6) is 0 Å². The number of nitrogens with one attached hydrogen (secondary N) is 1. The first-order valence-electron chi connectivity index (χ1n) is 9.62. The van der Waals surface area contributed by atoms with Crippen LogP contribution in [0.15, 0.2) is 4.79 Å². The predicted octanol–water partition coefficient (Wildman–Crippen LogP) is 1.88. The molecule has 0 amide bonds. The standard InChI is InChI=1S/C19H27N3O4S/c1-12-15-17(23)21-14(11-20-13-7-5-3-4-6-8-13)22-18(15)27-16(12)19(24)26-10-9-25-2/h13,20H,3-11H2,1-2H3,(H,21,22,23)/p+1. The largest absolute Gasteiger partial charge is 0.459 e. The van der Waals surface area contributed by atoms with E-state index in [0.29, 0.717) is 45.7 Å². The zero-order valence-corrected chi connectivity index (χ0v) is 16.8. The molecule has 0 bridgehead atoms. The zero-order chi connectivity index (χ0) is 19.2. The van der Waals surface area contributed by atoms with E-state index >= 15 is 0 Å². The van der Waals surface area contributed by atoms with Gasteiger partial charge in [-0.3, -0.25) is 4.79 Å². The van der Waals surface area contributed by atoms with Gasteiger partial charge in [-0.25, -0.2) is 9.78 Å². The third-order valence-corrected chi connectivity index (χ3v) is 6.27. The van der Waals surface area contributed by atoms with Crippen molar-refractivity contribution < 1.29 is 19.6 Å². The van der Waals surface area contributed by atoms with E-state index < -0.39 is 5.97 Å². The number of hydrogen-bond acceptors (Lipinski definition) is 6. The van der Waals surface area contributed by atoms with Crippen molar-refractivity contribution in [2.24, 2.45) is 0 Å². The predicted molar refractivity (Wildman–Crippen MR) is 104 cm³/mol. The molecule has 0 radical (unpaired) electrons. The van der Waals surface area contributed by atoms with Crippen LogP contribution in [0.4, 0.5) is 0 Å². The van der Waals surface area contributed by atoms with E-state index in [1.807, 2.05) is 0 Å². The molecule has 3 N–H and O–H groups in total. The van der Waals surface area contributed by atoms with E-state index in [-0.39, 0.29) is 12.2 Å². The normalized spacial score (nSPS) is 15.8. The van der Waals surface area contributed by atoms with E-state index in [9.17, 15) is 9.59 Å². The van der Waals surface area contributed by atoms with Crippen molar-refractivity contribution in [1.29, 1.82) is 0 Å². The van der Waals surface area contributed by atoms with Crippen LogP contribution in [0.25, 0.3) is 10.2 Å². The minimum absolute atomic E-state index is 0.186. The van der Waals surface area contributed by atoms with Crippen molar-refractivity contribution in [2.75, 3.05) is 20.3 Å². The molecular formula is C19H28N3O4S+. The third kappa shape index (κ3) is 4.94. The molecule has 8 heteroatoms. The van der Waals surface area contributed by atoms with Gasteiger partial charge in [0.2, 0.25) is 0 Å². The second-order valence-corrected chi connectivity index (χ2v) is 8.07. The van der Waals surface area contributed by atoms with Gasteiger partial charge in [0.05, 0.1) is 18.0 Å². The number of nitrogens with zero attached hydrogens (tertiary/aromatic N) is 1. The summed E-state index contributed by atoms with van der Waals surface area (Å²) in [5, 5.41) is 2.77. The summed E-state index contributed by atoms with van der Waals surface area (Å²) in [4.78, 5) is 33.3. The summed E-state index contributed by atoms with van der Waals surface area (Å²) < 4.78 is 10.1. The van der Waals surface area contributed by atoms with Crippen LogP contribution in [0, 0.1) is 6.92 Å². The van der Waals surface area contributed by atoms with E-state index in [2.05, 4.69) is 15.3 Å². The average Bonchev–Trinajstić information content (AvgIpc) is 2.82. The molecule has 1 saturated carbocycles. The van der Waals surface area contributed by atoms with E-state index in [4.69, 9.17) is 9.47 Å². The Bertz CT molecular complexity index is 837. The van der Waals surface area contributed by atoms with Gasteiger partial charge in [-0.2, -0.15) is 0 Å². The molecule has 1 fully saturated rings. The summed E-state index contributed by atoms with van der Waals surface area (Å²) in [6.07, 6.45) is 7.65. The summed E-state index contributed by atoms with van der Waals surface area (Å²) in [7, 11) is 1.55. The lowest BCUT2D eigenvalue weighted by Crippen LogP contribution is -2.88. The highest BCUT2D eigenvalue weighted by Gasteiger charge is 2.21. The first-order chi connectivity index (χ1) is 13.1. The lowest BCUT2D eigenvalue weighted by Gasteiger charge is -2.12. The van der Waals surface area contributed by atoms with E-state index in [0.717, 1.165) is 0 Å². The number of aryl methyl sites for hydroxylation is 1. The third-order valence-electron chi connectivity index (χ3n) is 5.10. The topological polar surface area (TPSA) is 97.9 Å². The number of methoxy groups -OCH3 is 1. The lowest BCUT2D eigenvalue weighted by atomic mass is 10.1. The molecule has 2 heterocycles. The van der Waals surface area contributed by atoms with Gasteiger partial charge < -0.3 is 19.8 Å². The first-order valence-corrected chi connectivity index (χ1v) is 10.4. The minimum atomic E-state index is -0.432. The molecule has 0 atom stereocenters. The number of esters is 1. The molecule has 0 unspecified atom stereocenters. The number of rotatable bonds is 7. The number of hydrogen-bond donors (Lipinski definition) is 2. The number of thiophene rings is 1. The molecule has 1 aliphatic rings. The van der Waals surface area contributed by atoms with Crippen LogP contribution in [-0.2, 0) is 16.0 Å². The van der Waals surface area contributed by atoms with Gasteiger partial charge in [-0.05, 0) is 38.2 Å². The second kappa shape index (κ2) is 9.43. The van der Waals surface area contributed by atoms with Crippen LogP contribution in [0.1, 0.15) is 59.6 Å². The van der Waals surface area contributed by atoms with Crippen molar-refractivity contribution in [3.8, 4) is 0 Å². The Hall–Kier alpha value is -1.77. The van der Waals surface area contributed by atoms with Crippen molar-refractivity contribution >= 4 is 27.5 Å². The fourth-order valence-electron chi connectivity index (χ4n) is 3.59. The molecule has 27 heavy (non-hydrogen) atoms. The van der Waals surface area contributed by atoms with E-state index in [1.165, 1.54) is 49.9 Å². The quantitative estimate of drug-likeness (QED) is 0.424. The lowest BCUT2D eigenvalue weighted by molar-refractivity contribution is -0.706. The number of quaternary nitrogens is 1. The van der Waals surface area contributed by atoms with Gasteiger partial charge in [0.1, 0.15) is 22.9 Å². The van der Waals surface area contributed by atoms with Crippen molar-refractivity contribution in [3.63, 3.8) is 0 Å². The van der Waals surface area contributed by atoms with Gasteiger partial charge in [0, 0.05) is 7.11 Å². The molecule has 0 saturated heterocycles. The maximum atomic E-state index is 12.5. The number of nitrogens with two attached hydrogens (primary N) is 1. The molecule has 2 aromatic heterocycles. The molecule has 1 aliphatic carbocycles. The second-order valence-electron chi connectivity index (χ2n) is 7.07. The van der Waals surface area contributed by atoms with Crippen LogP contribution >= 0.6 is 11.3 Å². The van der Waals surface area contributed by atoms with Gasteiger partial charge in [0.15, 0.2) is 5.82 Å². The molecule has 0 spiro atoms. The van der Waals surface area contributed by atoms with Crippen molar-refractivity contribution in [3.05, 3.63) is 26.6 Å². The van der Waals surface area contributed by atoms with Crippen LogP contribution in [-0.4, -0.2) is 42.3 Å². The first kappa shape index (κ1) is 20.0. The Balaban J connectivity index is 1.75. The Labute approximate surface area is 162 Å². The number of ether oxygens (including phenoxy) is 2. The smallest absolute Gasteiger partial charge is 0.348 e. The average molecular weight is 395 g/mol. The Morgan fingerprint density at radius 2 is 2.00 bits per heavy atom. The summed E-state index contributed by atoms with van der Waals surface area (Å²) >= 11 is 1.22. The molecular weight excluding hydrogens is 366 g/mol. The van der Waals surface area contributed by atoms with Gasteiger partial charge in [-0.1, -0.05) is 12.8 Å². The Kier molecular flexibility index (Phi) is 6.98. The number of aromatic amines is 1. The SMILES string of the molecule is COCCOC(=O)c1sc2nc(C[NH2+]C3CCCCCC3)[nH]c(=O)c2c1C. The van der Waals surface area contributed by atoms with Crippen molar-refractivity contribution in [2.45, 2.75) is 58.0 Å². The maximum absolute atomic E-state index is 12.5. The monoisotopic (exact) mass is 394 g/mol. The number of fused-ring (bicyclic) bond motifs is 1. The highest BCUT2D eigenvalue weighted by atomic mass is 32.1.